The Morgan fingerprint density at radius 2 is 1.91 bits per heavy atom. The van der Waals surface area contributed by atoms with Crippen LogP contribution in [-0.2, 0) is 22.4 Å². The number of carbonyl (C=O) groups excluding carboxylic acids is 1. The number of anilines is 1. The van der Waals surface area contributed by atoms with Gasteiger partial charge in [0.25, 0.3) is 0 Å². The van der Waals surface area contributed by atoms with Gasteiger partial charge in [-0.05, 0) is 92.3 Å². The highest BCUT2D eigenvalue weighted by Gasteiger charge is 2.24. The number of likely N-dealkylation sites (N-methyl/N-ethyl adjacent to an activating group) is 1. The predicted octanol–water partition coefficient (Wildman–Crippen LogP) is 8.01. The van der Waals surface area contributed by atoms with Gasteiger partial charge in [0.2, 0.25) is 5.91 Å². The fourth-order valence-electron chi connectivity index (χ4n) is 6.02. The molecule has 230 valence electrons. The van der Waals surface area contributed by atoms with Gasteiger partial charge >= 0.3 is 0 Å². The van der Waals surface area contributed by atoms with Gasteiger partial charge in [0.1, 0.15) is 18.2 Å². The zero-order valence-corrected chi connectivity index (χ0v) is 26.5. The smallest absolute Gasteiger partial charge is 0.247 e. The monoisotopic (exact) mass is 621 g/mol. The summed E-state index contributed by atoms with van der Waals surface area (Å²) in [6, 6.07) is 21.6. The zero-order valence-electron chi connectivity index (χ0n) is 25.7. The van der Waals surface area contributed by atoms with Gasteiger partial charge in [-0.25, -0.2) is 9.37 Å². The number of ether oxygens (including phenoxy) is 2. The summed E-state index contributed by atoms with van der Waals surface area (Å²) in [5, 5.41) is 5.95. The second kappa shape index (κ2) is 13.3. The van der Waals surface area contributed by atoms with Crippen molar-refractivity contribution in [1.82, 2.24) is 9.88 Å². The van der Waals surface area contributed by atoms with Gasteiger partial charge in [-0.2, -0.15) is 0 Å². The number of hydrogen-bond donors (Lipinski definition) is 1. The van der Waals surface area contributed by atoms with Crippen molar-refractivity contribution < 1.29 is 18.7 Å². The molecule has 2 heterocycles. The number of methoxy groups -OCH3 is 1. The topological polar surface area (TPSA) is 63.7 Å². The molecule has 5 aromatic rings. The number of carbonyl (C=O) groups is 1. The standard InChI is InChI=1S/C37H36FN3O3S/c1-5-33(42)39-28-8-6-7-25(20-28)36-34(30-14-12-27(38)22-32(30)44-17-16-43-4)37-31(15-18-45-37)35(40-36)26-10-9-24-21-29(41(2)3)13-11-23(24)19-26/h5-10,12,14-15,18-20,22,29H,1,11,13,16-17,21H2,2-4H3,(H,39,42). The first-order valence-corrected chi connectivity index (χ1v) is 15.9. The fourth-order valence-corrected chi connectivity index (χ4v) is 6.98. The Bertz CT molecular complexity index is 1880. The molecule has 1 atom stereocenters. The molecule has 0 aliphatic heterocycles. The minimum Gasteiger partial charge on any atom is -0.490 e. The number of nitrogens with zero attached hydrogens (tertiary/aromatic N) is 2. The van der Waals surface area contributed by atoms with Gasteiger partial charge in [0.15, 0.2) is 0 Å². The van der Waals surface area contributed by atoms with Gasteiger partial charge in [-0.1, -0.05) is 30.8 Å². The van der Waals surface area contributed by atoms with Gasteiger partial charge < -0.3 is 19.7 Å². The van der Waals surface area contributed by atoms with E-state index in [1.807, 2.05) is 24.3 Å². The van der Waals surface area contributed by atoms with Gasteiger partial charge in [0, 0.05) is 57.2 Å². The molecular weight excluding hydrogens is 585 g/mol. The van der Waals surface area contributed by atoms with Crippen LogP contribution in [0.2, 0.25) is 0 Å². The quantitative estimate of drug-likeness (QED) is 0.126. The number of thiophene rings is 1. The molecular formula is C37H36FN3O3S. The third-order valence-corrected chi connectivity index (χ3v) is 9.30. The molecule has 1 aliphatic carbocycles. The van der Waals surface area contributed by atoms with Crippen LogP contribution in [0.3, 0.4) is 0 Å². The SMILES string of the molecule is C=CC(=O)Nc1cccc(-c2nc(-c3ccc4c(c3)CCC(N(C)C)C4)c3ccsc3c2-c2ccc(F)cc2OCCOC)c1. The van der Waals surface area contributed by atoms with E-state index in [9.17, 15) is 9.18 Å². The van der Waals surface area contributed by atoms with Crippen molar-refractivity contribution in [2.45, 2.75) is 25.3 Å². The molecule has 3 aromatic carbocycles. The molecule has 0 spiro atoms. The summed E-state index contributed by atoms with van der Waals surface area (Å²) in [7, 11) is 5.90. The third-order valence-electron chi connectivity index (χ3n) is 8.37. The third kappa shape index (κ3) is 6.40. The largest absolute Gasteiger partial charge is 0.490 e. The molecule has 2 aromatic heterocycles. The average Bonchev–Trinajstić information content (AvgIpc) is 3.54. The van der Waals surface area contributed by atoms with Gasteiger partial charge in [-0.3, -0.25) is 4.79 Å². The first-order valence-electron chi connectivity index (χ1n) is 15.0. The van der Waals surface area contributed by atoms with Crippen LogP contribution in [0.1, 0.15) is 17.5 Å². The van der Waals surface area contributed by atoms with Crippen LogP contribution in [0, 0.1) is 5.82 Å². The second-order valence-corrected chi connectivity index (χ2v) is 12.4. The summed E-state index contributed by atoms with van der Waals surface area (Å²) in [5.74, 6) is -0.273. The van der Waals surface area contributed by atoms with Crippen LogP contribution in [0.5, 0.6) is 5.75 Å². The molecule has 6 nitrogen and oxygen atoms in total. The molecule has 1 aliphatic rings. The Labute approximate surface area is 267 Å². The van der Waals surface area contributed by atoms with Crippen LogP contribution < -0.4 is 10.1 Å². The van der Waals surface area contributed by atoms with E-state index in [-0.39, 0.29) is 18.3 Å². The lowest BCUT2D eigenvalue weighted by molar-refractivity contribution is -0.111. The molecule has 1 unspecified atom stereocenters. The maximum atomic E-state index is 14.6. The lowest BCUT2D eigenvalue weighted by Crippen LogP contribution is -2.33. The molecule has 6 rings (SSSR count). The molecule has 8 heteroatoms. The van der Waals surface area contributed by atoms with E-state index >= 15 is 0 Å². The van der Waals surface area contributed by atoms with E-state index < -0.39 is 0 Å². The van der Waals surface area contributed by atoms with E-state index in [0.29, 0.717) is 29.8 Å². The Morgan fingerprint density at radius 1 is 1.07 bits per heavy atom. The van der Waals surface area contributed by atoms with Crippen LogP contribution in [0.15, 0.2) is 84.8 Å². The number of benzene rings is 3. The van der Waals surface area contributed by atoms with Crippen molar-refractivity contribution >= 4 is 33.0 Å². The molecule has 0 saturated heterocycles. The van der Waals surface area contributed by atoms with Crippen LogP contribution in [0.25, 0.3) is 43.7 Å². The number of halogens is 1. The van der Waals surface area contributed by atoms with Crippen LogP contribution in [0.4, 0.5) is 10.1 Å². The number of fused-ring (bicyclic) bond motifs is 2. The number of hydrogen-bond acceptors (Lipinski definition) is 6. The summed E-state index contributed by atoms with van der Waals surface area (Å²) in [5.41, 5.74) is 8.40. The zero-order chi connectivity index (χ0) is 31.5. The molecule has 45 heavy (non-hydrogen) atoms. The Kier molecular flexibility index (Phi) is 9.07. The highest BCUT2D eigenvalue weighted by Crippen LogP contribution is 2.46. The van der Waals surface area contributed by atoms with Crippen molar-refractivity contribution in [3.8, 4) is 39.4 Å². The van der Waals surface area contributed by atoms with Crippen molar-refractivity contribution in [1.29, 1.82) is 0 Å². The Hall–Kier alpha value is -4.37. The summed E-state index contributed by atoms with van der Waals surface area (Å²) >= 11 is 1.62. The summed E-state index contributed by atoms with van der Waals surface area (Å²) in [6.45, 7) is 4.22. The summed E-state index contributed by atoms with van der Waals surface area (Å²) in [6.07, 6.45) is 4.42. The second-order valence-electron chi connectivity index (χ2n) is 11.4. The van der Waals surface area contributed by atoms with Crippen LogP contribution >= 0.6 is 11.3 Å². The number of amides is 1. The summed E-state index contributed by atoms with van der Waals surface area (Å²) < 4.78 is 26.8. The summed E-state index contributed by atoms with van der Waals surface area (Å²) in [4.78, 5) is 19.9. The number of rotatable bonds is 10. The molecule has 0 fully saturated rings. The Balaban J connectivity index is 1.56. The Morgan fingerprint density at radius 3 is 2.71 bits per heavy atom. The van der Waals surface area contributed by atoms with E-state index in [4.69, 9.17) is 14.5 Å². The predicted molar refractivity (Wildman–Crippen MR) is 182 cm³/mol. The van der Waals surface area contributed by atoms with E-state index in [2.05, 4.69) is 60.5 Å². The van der Waals surface area contributed by atoms with E-state index in [1.54, 1.807) is 24.5 Å². The first kappa shape index (κ1) is 30.6. The van der Waals surface area contributed by atoms with Crippen molar-refractivity contribution in [2.75, 3.05) is 39.7 Å². The highest BCUT2D eigenvalue weighted by atomic mass is 32.1. The van der Waals surface area contributed by atoms with Gasteiger partial charge in [0.05, 0.1) is 18.0 Å². The number of pyridine rings is 1. The first-order chi connectivity index (χ1) is 21.9. The van der Waals surface area contributed by atoms with Crippen molar-refractivity contribution in [3.63, 3.8) is 0 Å². The minimum atomic E-state index is -0.389. The average molecular weight is 622 g/mol. The molecule has 0 radical (unpaired) electrons. The van der Waals surface area contributed by atoms with E-state index in [0.717, 1.165) is 57.3 Å². The van der Waals surface area contributed by atoms with E-state index in [1.165, 1.54) is 29.3 Å². The maximum absolute atomic E-state index is 14.6. The van der Waals surface area contributed by atoms with Crippen LogP contribution in [-0.4, -0.2) is 56.3 Å². The number of aromatic nitrogens is 1. The van der Waals surface area contributed by atoms with Crippen molar-refractivity contribution in [2.24, 2.45) is 0 Å². The number of nitrogens with one attached hydrogen (secondary N) is 1. The minimum absolute atomic E-state index is 0.272. The maximum Gasteiger partial charge on any atom is 0.247 e. The molecule has 0 saturated carbocycles. The molecule has 1 amide bonds. The lowest BCUT2D eigenvalue weighted by atomic mass is 9.86. The molecule has 1 N–H and O–H groups in total. The molecule has 0 bridgehead atoms. The van der Waals surface area contributed by atoms with Gasteiger partial charge in [-0.15, -0.1) is 11.3 Å². The fraction of sp³-hybridized carbons (Fsp3) is 0.243. The number of aryl methyl sites for hydroxylation is 1. The highest BCUT2D eigenvalue weighted by molar-refractivity contribution is 7.18. The normalized spacial score (nSPS) is 14.4. The lowest BCUT2D eigenvalue weighted by Gasteiger charge is -2.30. The van der Waals surface area contributed by atoms with Crippen molar-refractivity contribution in [3.05, 3.63) is 102 Å².